The topological polar surface area (TPSA) is 72.7 Å². The number of ether oxygens (including phenoxy) is 1. The van der Waals surface area contributed by atoms with E-state index < -0.39 is 4.92 Å². The Morgan fingerprint density at radius 2 is 1.88 bits per heavy atom. The second-order valence-electron chi connectivity index (χ2n) is 6.89. The van der Waals surface area contributed by atoms with Gasteiger partial charge in [0.25, 0.3) is 11.6 Å². The third-order valence-electron chi connectivity index (χ3n) is 4.66. The molecule has 0 radical (unpaired) electrons. The molecule has 0 aromatic heterocycles. The van der Waals surface area contributed by atoms with E-state index in [2.05, 4.69) is 0 Å². The molecule has 33 heavy (non-hydrogen) atoms. The van der Waals surface area contributed by atoms with Gasteiger partial charge in [0.05, 0.1) is 15.5 Å². The zero-order valence-corrected chi connectivity index (χ0v) is 19.9. The summed E-state index contributed by atoms with van der Waals surface area (Å²) in [4.78, 5) is 25.2. The van der Waals surface area contributed by atoms with Crippen molar-refractivity contribution >= 4 is 74.9 Å². The molecular formula is C23H14Cl2N2O4S2. The van der Waals surface area contributed by atoms with E-state index in [4.69, 9.17) is 40.2 Å². The van der Waals surface area contributed by atoms with Crippen LogP contribution in [0.25, 0.3) is 6.08 Å². The van der Waals surface area contributed by atoms with Crippen LogP contribution >= 0.6 is 47.2 Å². The van der Waals surface area contributed by atoms with Crippen molar-refractivity contribution in [2.24, 2.45) is 0 Å². The Bertz CT molecular complexity index is 1310. The number of hydrogen-bond acceptors (Lipinski definition) is 6. The third-order valence-corrected chi connectivity index (χ3v) is 6.55. The highest BCUT2D eigenvalue weighted by molar-refractivity contribution is 8.27. The molecular weight excluding hydrogens is 503 g/mol. The van der Waals surface area contributed by atoms with Gasteiger partial charge in [-0.15, -0.1) is 0 Å². The monoisotopic (exact) mass is 516 g/mol. The van der Waals surface area contributed by atoms with Crippen LogP contribution in [0.5, 0.6) is 5.75 Å². The van der Waals surface area contributed by atoms with Crippen molar-refractivity contribution in [2.45, 2.75) is 6.61 Å². The largest absolute Gasteiger partial charge is 0.489 e. The van der Waals surface area contributed by atoms with E-state index in [1.807, 2.05) is 12.1 Å². The molecule has 4 rings (SSSR count). The van der Waals surface area contributed by atoms with Crippen LogP contribution in [-0.2, 0) is 11.4 Å². The number of hydrogen-bond donors (Lipinski definition) is 0. The molecule has 1 amide bonds. The highest BCUT2D eigenvalue weighted by Crippen LogP contribution is 2.37. The predicted molar refractivity (Wildman–Crippen MR) is 136 cm³/mol. The number of rotatable bonds is 6. The number of nitrogens with zero attached hydrogens (tertiary/aromatic N) is 2. The Kier molecular flexibility index (Phi) is 6.99. The first kappa shape index (κ1) is 23.3. The Morgan fingerprint density at radius 3 is 2.64 bits per heavy atom. The van der Waals surface area contributed by atoms with Crippen LogP contribution in [0.4, 0.5) is 11.4 Å². The number of benzene rings is 3. The first-order valence-electron chi connectivity index (χ1n) is 9.51. The maximum Gasteiger partial charge on any atom is 0.271 e. The van der Waals surface area contributed by atoms with Gasteiger partial charge < -0.3 is 4.74 Å². The molecule has 1 heterocycles. The lowest BCUT2D eigenvalue weighted by atomic mass is 10.2. The van der Waals surface area contributed by atoms with Gasteiger partial charge in [-0.25, -0.2) is 0 Å². The number of carbonyl (C=O) groups is 1. The van der Waals surface area contributed by atoms with Crippen molar-refractivity contribution in [3.63, 3.8) is 0 Å². The van der Waals surface area contributed by atoms with E-state index in [0.717, 1.165) is 22.9 Å². The first-order valence-corrected chi connectivity index (χ1v) is 11.5. The fraction of sp³-hybridized carbons (Fsp3) is 0.0435. The average molecular weight is 517 g/mol. The van der Waals surface area contributed by atoms with E-state index in [1.54, 1.807) is 42.5 Å². The molecule has 10 heteroatoms. The van der Waals surface area contributed by atoms with Crippen molar-refractivity contribution in [1.29, 1.82) is 0 Å². The van der Waals surface area contributed by atoms with E-state index in [-0.39, 0.29) is 18.2 Å². The number of halogens is 2. The summed E-state index contributed by atoms with van der Waals surface area (Å²) in [6, 6.07) is 18.2. The summed E-state index contributed by atoms with van der Waals surface area (Å²) < 4.78 is 6.15. The van der Waals surface area contributed by atoms with Gasteiger partial charge in [-0.2, -0.15) is 0 Å². The zero-order chi connectivity index (χ0) is 23.5. The molecule has 1 aliphatic heterocycles. The lowest BCUT2D eigenvalue weighted by Gasteiger charge is -2.14. The molecule has 0 unspecified atom stereocenters. The number of carbonyl (C=O) groups excluding carboxylic acids is 1. The predicted octanol–water partition coefficient (Wildman–Crippen LogP) is 6.89. The number of amides is 1. The molecule has 0 aliphatic carbocycles. The Morgan fingerprint density at radius 1 is 1.09 bits per heavy atom. The van der Waals surface area contributed by atoms with Gasteiger partial charge in [0, 0.05) is 27.7 Å². The fourth-order valence-corrected chi connectivity index (χ4v) is 4.84. The SMILES string of the molecule is O=C1/C(=C/c2cccc(OCc3ccc(Cl)cc3Cl)c2)SC(=S)N1c1cccc([N+](=O)[O-])c1. The molecule has 6 nitrogen and oxygen atoms in total. The number of non-ortho nitro benzene ring substituents is 1. The summed E-state index contributed by atoms with van der Waals surface area (Å²) in [7, 11) is 0. The minimum absolute atomic E-state index is 0.115. The van der Waals surface area contributed by atoms with Crippen LogP contribution in [-0.4, -0.2) is 15.2 Å². The summed E-state index contributed by atoms with van der Waals surface area (Å²) >= 11 is 18.6. The normalized spacial score (nSPS) is 14.7. The highest BCUT2D eigenvalue weighted by Gasteiger charge is 2.33. The molecule has 1 fully saturated rings. The van der Waals surface area contributed by atoms with Crippen LogP contribution in [0.15, 0.2) is 71.6 Å². The van der Waals surface area contributed by atoms with Gasteiger partial charge in [-0.1, -0.05) is 71.4 Å². The van der Waals surface area contributed by atoms with E-state index in [0.29, 0.717) is 30.7 Å². The Balaban J connectivity index is 1.52. The molecule has 0 N–H and O–H groups in total. The second-order valence-corrected chi connectivity index (χ2v) is 9.41. The van der Waals surface area contributed by atoms with Gasteiger partial charge in [-0.05, 0) is 42.0 Å². The van der Waals surface area contributed by atoms with Crippen molar-refractivity contribution in [3.05, 3.63) is 103 Å². The fourth-order valence-electron chi connectivity index (χ4n) is 3.08. The van der Waals surface area contributed by atoms with Crippen molar-refractivity contribution in [2.75, 3.05) is 4.90 Å². The third kappa shape index (κ3) is 5.36. The number of nitro groups is 1. The van der Waals surface area contributed by atoms with Gasteiger partial charge in [-0.3, -0.25) is 19.8 Å². The van der Waals surface area contributed by atoms with Gasteiger partial charge in [0.1, 0.15) is 12.4 Å². The molecule has 0 saturated carbocycles. The molecule has 1 saturated heterocycles. The summed E-state index contributed by atoms with van der Waals surface area (Å²) in [5.41, 5.74) is 1.78. The molecule has 1 aliphatic rings. The maximum absolute atomic E-state index is 13.0. The number of thiocarbonyl (C=S) groups is 1. The quantitative estimate of drug-likeness (QED) is 0.154. The van der Waals surface area contributed by atoms with Crippen molar-refractivity contribution < 1.29 is 14.5 Å². The summed E-state index contributed by atoms with van der Waals surface area (Å²) in [6.07, 6.45) is 1.71. The van der Waals surface area contributed by atoms with Crippen LogP contribution < -0.4 is 9.64 Å². The zero-order valence-electron chi connectivity index (χ0n) is 16.7. The Hall–Kier alpha value is -2.91. The van der Waals surface area contributed by atoms with Crippen LogP contribution in [0.2, 0.25) is 10.0 Å². The summed E-state index contributed by atoms with van der Waals surface area (Å²) in [5, 5.41) is 12.1. The molecule has 166 valence electrons. The smallest absolute Gasteiger partial charge is 0.271 e. The standard InChI is InChI=1S/C23H14Cl2N2O4S2/c24-16-8-7-15(20(25)11-16)13-31-19-6-1-3-14(9-19)10-21-22(28)26(23(32)33-21)17-4-2-5-18(12-17)27(29)30/h1-12H,13H2/b21-10-. The van der Waals surface area contributed by atoms with Crippen molar-refractivity contribution in [1.82, 2.24) is 0 Å². The summed E-state index contributed by atoms with van der Waals surface area (Å²) in [5.74, 6) is 0.258. The lowest BCUT2D eigenvalue weighted by Crippen LogP contribution is -2.27. The van der Waals surface area contributed by atoms with Gasteiger partial charge in [0.15, 0.2) is 4.32 Å². The van der Waals surface area contributed by atoms with Gasteiger partial charge in [0.2, 0.25) is 0 Å². The van der Waals surface area contributed by atoms with E-state index in [9.17, 15) is 14.9 Å². The highest BCUT2D eigenvalue weighted by atomic mass is 35.5. The number of thioether (sulfide) groups is 1. The number of anilines is 1. The number of nitro benzene ring substituents is 1. The molecule has 0 spiro atoms. The first-order chi connectivity index (χ1) is 15.8. The molecule has 0 bridgehead atoms. The maximum atomic E-state index is 13.0. The second kappa shape index (κ2) is 9.93. The molecule has 3 aromatic rings. The van der Waals surface area contributed by atoms with Crippen LogP contribution in [0.1, 0.15) is 11.1 Å². The minimum Gasteiger partial charge on any atom is -0.489 e. The summed E-state index contributed by atoms with van der Waals surface area (Å²) in [6.45, 7) is 0.258. The van der Waals surface area contributed by atoms with Gasteiger partial charge >= 0.3 is 0 Å². The van der Waals surface area contributed by atoms with Crippen molar-refractivity contribution in [3.8, 4) is 5.75 Å². The van der Waals surface area contributed by atoms with Crippen LogP contribution in [0, 0.1) is 10.1 Å². The Labute approximate surface area is 208 Å². The lowest BCUT2D eigenvalue weighted by molar-refractivity contribution is -0.384. The molecule has 0 atom stereocenters. The van der Waals surface area contributed by atoms with Crippen LogP contribution in [0.3, 0.4) is 0 Å². The van der Waals surface area contributed by atoms with E-state index >= 15 is 0 Å². The molecule has 3 aromatic carbocycles. The van der Waals surface area contributed by atoms with E-state index in [1.165, 1.54) is 23.1 Å². The average Bonchev–Trinajstić information content (AvgIpc) is 3.06. The minimum atomic E-state index is -0.514.